The van der Waals surface area contributed by atoms with Crippen LogP contribution in [0, 0.1) is 0 Å². The highest BCUT2D eigenvalue weighted by Gasteiger charge is 2.22. The molecule has 0 aliphatic carbocycles. The summed E-state index contributed by atoms with van der Waals surface area (Å²) < 4.78 is 15.7. The van der Waals surface area contributed by atoms with Crippen molar-refractivity contribution in [3.05, 3.63) is 60.3 Å². The Labute approximate surface area is 160 Å². The Kier molecular flexibility index (Phi) is 4.67. The van der Waals surface area contributed by atoms with Crippen LogP contribution >= 0.6 is 0 Å². The molecule has 1 atom stereocenters. The molecule has 0 saturated heterocycles. The maximum absolute atomic E-state index is 12.3. The second kappa shape index (κ2) is 7.43. The molecule has 8 nitrogen and oxygen atoms in total. The Balaban J connectivity index is 1.37. The molecule has 3 aromatic rings. The van der Waals surface area contributed by atoms with Crippen molar-refractivity contribution in [3.8, 4) is 22.8 Å². The van der Waals surface area contributed by atoms with E-state index in [1.807, 2.05) is 30.3 Å². The van der Waals surface area contributed by atoms with Crippen LogP contribution in [-0.2, 0) is 9.53 Å². The molecular weight excluding hydrogens is 362 g/mol. The minimum Gasteiger partial charge on any atom is -0.454 e. The first-order valence-corrected chi connectivity index (χ1v) is 8.62. The topological polar surface area (TPSA) is 103 Å². The summed E-state index contributed by atoms with van der Waals surface area (Å²) in [6, 6.07) is 16.0. The summed E-state index contributed by atoms with van der Waals surface area (Å²) in [6.07, 6.45) is -0.999. The van der Waals surface area contributed by atoms with Gasteiger partial charge in [0.05, 0.1) is 5.69 Å². The molecule has 0 spiro atoms. The average Bonchev–Trinajstić information content (AvgIpc) is 3.38. The third-order valence-corrected chi connectivity index (χ3v) is 4.16. The van der Waals surface area contributed by atoms with Gasteiger partial charge in [-0.1, -0.05) is 30.3 Å². The summed E-state index contributed by atoms with van der Waals surface area (Å²) in [4.78, 5) is 24.6. The Morgan fingerprint density at radius 1 is 1.11 bits per heavy atom. The number of aromatic nitrogens is 2. The van der Waals surface area contributed by atoms with E-state index in [1.54, 1.807) is 24.3 Å². The number of ether oxygens (including phenoxy) is 3. The number of fused-ring (bicyclic) bond motifs is 1. The zero-order chi connectivity index (χ0) is 19.5. The highest BCUT2D eigenvalue weighted by atomic mass is 16.7. The van der Waals surface area contributed by atoms with Gasteiger partial charge < -0.3 is 19.5 Å². The zero-order valence-corrected chi connectivity index (χ0v) is 15.0. The molecule has 28 heavy (non-hydrogen) atoms. The van der Waals surface area contributed by atoms with Gasteiger partial charge in [0.15, 0.2) is 17.6 Å². The summed E-state index contributed by atoms with van der Waals surface area (Å²) in [5.74, 6) is 0.0392. The number of hydrogen-bond donors (Lipinski definition) is 2. The van der Waals surface area contributed by atoms with Crippen molar-refractivity contribution in [2.75, 3.05) is 12.1 Å². The summed E-state index contributed by atoms with van der Waals surface area (Å²) >= 11 is 0. The monoisotopic (exact) mass is 379 g/mol. The van der Waals surface area contributed by atoms with Crippen molar-refractivity contribution < 1.29 is 23.8 Å². The Morgan fingerprint density at radius 3 is 2.71 bits per heavy atom. The first-order chi connectivity index (χ1) is 13.6. The maximum atomic E-state index is 12.3. The van der Waals surface area contributed by atoms with Gasteiger partial charge in [-0.3, -0.25) is 9.89 Å². The zero-order valence-electron chi connectivity index (χ0n) is 15.0. The normalized spacial score (nSPS) is 13.0. The van der Waals surface area contributed by atoms with Gasteiger partial charge in [0.25, 0.3) is 5.91 Å². The van der Waals surface area contributed by atoms with Gasteiger partial charge in [0.2, 0.25) is 6.79 Å². The number of nitrogens with zero attached hydrogens (tertiary/aromatic N) is 1. The first kappa shape index (κ1) is 17.6. The van der Waals surface area contributed by atoms with Crippen LogP contribution in [0.15, 0.2) is 54.6 Å². The second-order valence-electron chi connectivity index (χ2n) is 6.14. The molecule has 142 valence electrons. The van der Waals surface area contributed by atoms with E-state index < -0.39 is 18.0 Å². The highest BCUT2D eigenvalue weighted by Crippen LogP contribution is 2.34. The lowest BCUT2D eigenvalue weighted by atomic mass is 10.1. The standard InChI is InChI=1S/C20H17N3O5/c1-12(19(24)21-14-7-8-17-18(9-14)27-11-26-17)28-20(25)16-10-15(22-23-16)13-5-3-2-4-6-13/h2-10,12H,11H2,1H3,(H,21,24)(H,22,23)/t12-/m0/s1. The van der Waals surface area contributed by atoms with Crippen LogP contribution in [0.1, 0.15) is 17.4 Å². The van der Waals surface area contributed by atoms with Crippen molar-refractivity contribution in [2.24, 2.45) is 0 Å². The molecule has 1 amide bonds. The third kappa shape index (κ3) is 3.66. The smallest absolute Gasteiger partial charge is 0.357 e. The lowest BCUT2D eigenvalue weighted by Gasteiger charge is -2.13. The summed E-state index contributed by atoms with van der Waals surface area (Å²) in [7, 11) is 0. The van der Waals surface area contributed by atoms with Gasteiger partial charge in [-0.25, -0.2) is 4.79 Å². The molecule has 0 unspecified atom stereocenters. The number of nitrogens with one attached hydrogen (secondary N) is 2. The Hall–Kier alpha value is -3.81. The molecule has 0 radical (unpaired) electrons. The molecule has 1 aromatic heterocycles. The lowest BCUT2D eigenvalue weighted by molar-refractivity contribution is -0.123. The molecule has 1 aliphatic heterocycles. The molecule has 2 heterocycles. The van der Waals surface area contributed by atoms with Gasteiger partial charge in [-0.15, -0.1) is 0 Å². The number of carbonyl (C=O) groups is 2. The van der Waals surface area contributed by atoms with E-state index in [-0.39, 0.29) is 12.5 Å². The maximum Gasteiger partial charge on any atom is 0.357 e. The van der Waals surface area contributed by atoms with E-state index in [0.29, 0.717) is 22.9 Å². The SMILES string of the molecule is C[C@H](OC(=O)c1cc(-c2ccccc2)n[nH]1)C(=O)Nc1ccc2c(c1)OCO2. The number of benzene rings is 2. The van der Waals surface area contributed by atoms with Crippen molar-refractivity contribution in [2.45, 2.75) is 13.0 Å². The van der Waals surface area contributed by atoms with Crippen LogP contribution in [-0.4, -0.2) is 35.0 Å². The van der Waals surface area contributed by atoms with Crippen LogP contribution in [0.3, 0.4) is 0 Å². The molecule has 2 N–H and O–H groups in total. The van der Waals surface area contributed by atoms with E-state index in [0.717, 1.165) is 5.56 Å². The van der Waals surface area contributed by atoms with E-state index in [9.17, 15) is 9.59 Å². The lowest BCUT2D eigenvalue weighted by Crippen LogP contribution is -2.30. The average molecular weight is 379 g/mol. The van der Waals surface area contributed by atoms with E-state index >= 15 is 0 Å². The fourth-order valence-corrected chi connectivity index (χ4v) is 2.68. The van der Waals surface area contributed by atoms with Crippen LogP contribution in [0.25, 0.3) is 11.3 Å². The van der Waals surface area contributed by atoms with Crippen LogP contribution < -0.4 is 14.8 Å². The molecule has 2 aromatic carbocycles. The van der Waals surface area contributed by atoms with E-state index in [4.69, 9.17) is 14.2 Å². The number of rotatable bonds is 5. The molecular formula is C20H17N3O5. The van der Waals surface area contributed by atoms with Crippen LogP contribution in [0.5, 0.6) is 11.5 Å². The van der Waals surface area contributed by atoms with Crippen LogP contribution in [0.2, 0.25) is 0 Å². The van der Waals surface area contributed by atoms with Crippen molar-refractivity contribution >= 4 is 17.6 Å². The predicted molar refractivity (Wildman–Crippen MR) is 100 cm³/mol. The molecule has 0 bridgehead atoms. The number of aromatic amines is 1. The first-order valence-electron chi connectivity index (χ1n) is 8.62. The van der Waals surface area contributed by atoms with Gasteiger partial charge in [0, 0.05) is 17.3 Å². The van der Waals surface area contributed by atoms with Crippen molar-refractivity contribution in [3.63, 3.8) is 0 Å². The van der Waals surface area contributed by atoms with Gasteiger partial charge in [0.1, 0.15) is 5.69 Å². The van der Waals surface area contributed by atoms with Crippen molar-refractivity contribution in [1.29, 1.82) is 0 Å². The second-order valence-corrected chi connectivity index (χ2v) is 6.14. The molecule has 1 aliphatic rings. The fourth-order valence-electron chi connectivity index (χ4n) is 2.68. The van der Waals surface area contributed by atoms with Gasteiger partial charge >= 0.3 is 5.97 Å². The Bertz CT molecular complexity index is 1020. The fraction of sp³-hybridized carbons (Fsp3) is 0.150. The van der Waals surface area contributed by atoms with E-state index in [1.165, 1.54) is 6.92 Å². The largest absolute Gasteiger partial charge is 0.454 e. The molecule has 0 fully saturated rings. The number of hydrogen-bond acceptors (Lipinski definition) is 6. The summed E-state index contributed by atoms with van der Waals surface area (Å²) in [5, 5.41) is 9.43. The predicted octanol–water partition coefficient (Wildman–Crippen LogP) is 2.99. The molecule has 8 heteroatoms. The number of esters is 1. The van der Waals surface area contributed by atoms with Gasteiger partial charge in [-0.05, 0) is 25.1 Å². The number of anilines is 1. The molecule has 4 rings (SSSR count). The highest BCUT2D eigenvalue weighted by molar-refractivity contribution is 5.97. The quantitative estimate of drug-likeness (QED) is 0.661. The molecule has 0 saturated carbocycles. The number of amides is 1. The summed E-state index contributed by atoms with van der Waals surface area (Å²) in [6.45, 7) is 1.64. The third-order valence-electron chi connectivity index (χ3n) is 4.16. The number of carbonyl (C=O) groups excluding carboxylic acids is 2. The van der Waals surface area contributed by atoms with Gasteiger partial charge in [-0.2, -0.15) is 5.10 Å². The minimum atomic E-state index is -0.999. The Morgan fingerprint density at radius 2 is 1.89 bits per heavy atom. The van der Waals surface area contributed by atoms with E-state index in [2.05, 4.69) is 15.5 Å². The minimum absolute atomic E-state index is 0.149. The summed E-state index contributed by atoms with van der Waals surface area (Å²) in [5.41, 5.74) is 2.17. The number of H-pyrrole nitrogens is 1. The van der Waals surface area contributed by atoms with Crippen LogP contribution in [0.4, 0.5) is 5.69 Å². The van der Waals surface area contributed by atoms with Crippen molar-refractivity contribution in [1.82, 2.24) is 10.2 Å².